The van der Waals surface area contributed by atoms with Gasteiger partial charge in [-0.25, -0.2) is 8.78 Å². The van der Waals surface area contributed by atoms with E-state index >= 15 is 0 Å². The highest BCUT2D eigenvalue weighted by atomic mass is 19.3. The molecule has 1 N–H and O–H groups in total. The maximum absolute atomic E-state index is 12.6. The fourth-order valence-electron chi connectivity index (χ4n) is 2.59. The van der Waals surface area contributed by atoms with E-state index in [1.165, 1.54) is 0 Å². The summed E-state index contributed by atoms with van der Waals surface area (Å²) in [4.78, 5) is 2.17. The molecule has 0 aromatic rings. The number of alkyl halides is 2. The van der Waals surface area contributed by atoms with Crippen molar-refractivity contribution in [1.82, 2.24) is 4.90 Å². The Kier molecular flexibility index (Phi) is 2.75. The van der Waals surface area contributed by atoms with Crippen LogP contribution in [0, 0.1) is 5.92 Å². The van der Waals surface area contributed by atoms with Crippen molar-refractivity contribution in [2.24, 2.45) is 5.92 Å². The largest absolute Gasteiger partial charge is 0.395 e. The van der Waals surface area contributed by atoms with E-state index in [0.717, 1.165) is 25.9 Å². The predicted molar refractivity (Wildman–Crippen MR) is 49.4 cm³/mol. The Morgan fingerprint density at radius 3 is 2.64 bits per heavy atom. The molecule has 2 rings (SSSR count). The van der Waals surface area contributed by atoms with E-state index in [1.807, 2.05) is 0 Å². The third kappa shape index (κ3) is 2.06. The number of hydrogen-bond donors (Lipinski definition) is 1. The zero-order valence-electron chi connectivity index (χ0n) is 8.25. The molecule has 1 saturated heterocycles. The maximum atomic E-state index is 12.6. The number of hydrogen-bond acceptors (Lipinski definition) is 2. The van der Waals surface area contributed by atoms with Crippen molar-refractivity contribution in [3.63, 3.8) is 0 Å². The van der Waals surface area contributed by atoms with E-state index in [-0.39, 0.29) is 31.4 Å². The third-order valence-corrected chi connectivity index (χ3v) is 3.38. The zero-order chi connectivity index (χ0) is 10.2. The van der Waals surface area contributed by atoms with Crippen LogP contribution in [0.25, 0.3) is 0 Å². The van der Waals surface area contributed by atoms with Crippen molar-refractivity contribution >= 4 is 0 Å². The van der Waals surface area contributed by atoms with Crippen molar-refractivity contribution in [1.29, 1.82) is 0 Å². The van der Waals surface area contributed by atoms with Gasteiger partial charge in [-0.2, -0.15) is 0 Å². The molecule has 0 aromatic carbocycles. The summed E-state index contributed by atoms with van der Waals surface area (Å²) in [5, 5.41) is 9.05. The molecule has 1 aliphatic carbocycles. The van der Waals surface area contributed by atoms with Crippen LogP contribution in [-0.2, 0) is 0 Å². The molecular formula is C10H17F2NO. The summed E-state index contributed by atoms with van der Waals surface area (Å²) >= 11 is 0. The maximum Gasteiger partial charge on any atom is 0.248 e. The van der Waals surface area contributed by atoms with Crippen LogP contribution in [0.2, 0.25) is 0 Å². The number of aliphatic hydroxyl groups is 1. The first kappa shape index (κ1) is 10.3. The number of rotatable bonds is 3. The number of halogens is 2. The van der Waals surface area contributed by atoms with Crippen molar-refractivity contribution < 1.29 is 13.9 Å². The van der Waals surface area contributed by atoms with Gasteiger partial charge in [0.25, 0.3) is 0 Å². The second-order valence-corrected chi connectivity index (χ2v) is 4.60. The lowest BCUT2D eigenvalue weighted by Gasteiger charge is -2.38. The predicted octanol–water partition coefficient (Wildman–Crippen LogP) is 1.49. The van der Waals surface area contributed by atoms with Gasteiger partial charge >= 0.3 is 0 Å². The lowest BCUT2D eigenvalue weighted by molar-refractivity contribution is -0.117. The van der Waals surface area contributed by atoms with Gasteiger partial charge in [0.15, 0.2) is 0 Å². The molecule has 0 spiro atoms. The molecule has 1 aliphatic heterocycles. The summed E-state index contributed by atoms with van der Waals surface area (Å²) in [5.74, 6) is -2.25. The number of nitrogens with zero attached hydrogens (tertiary/aromatic N) is 1. The standard InChI is InChI=1S/C10H17F2NO/c11-10(12)4-8(5-10)6-13-3-1-2-9(13)7-14/h8-9,14H,1-7H2. The van der Waals surface area contributed by atoms with Gasteiger partial charge in [-0.1, -0.05) is 0 Å². The highest BCUT2D eigenvalue weighted by Gasteiger charge is 2.46. The first-order valence-corrected chi connectivity index (χ1v) is 5.33. The van der Waals surface area contributed by atoms with Gasteiger partial charge < -0.3 is 5.11 Å². The summed E-state index contributed by atoms with van der Waals surface area (Å²) < 4.78 is 25.1. The van der Waals surface area contributed by atoms with E-state index in [9.17, 15) is 8.78 Å². The molecule has 0 aromatic heterocycles. The molecule has 0 radical (unpaired) electrons. The Morgan fingerprint density at radius 1 is 1.36 bits per heavy atom. The molecular weight excluding hydrogens is 188 g/mol. The monoisotopic (exact) mass is 205 g/mol. The van der Waals surface area contributed by atoms with Crippen LogP contribution in [0.3, 0.4) is 0 Å². The normalized spacial score (nSPS) is 33.2. The van der Waals surface area contributed by atoms with Gasteiger partial charge in [0.05, 0.1) is 6.61 Å². The molecule has 1 unspecified atom stereocenters. The molecule has 1 saturated carbocycles. The summed E-state index contributed by atoms with van der Waals surface area (Å²) in [6.07, 6.45) is 2.19. The minimum atomic E-state index is -2.40. The van der Waals surface area contributed by atoms with Gasteiger partial charge in [0.1, 0.15) is 0 Å². The quantitative estimate of drug-likeness (QED) is 0.754. The van der Waals surface area contributed by atoms with Crippen molar-refractivity contribution in [2.45, 2.75) is 37.6 Å². The third-order valence-electron chi connectivity index (χ3n) is 3.38. The van der Waals surface area contributed by atoms with Crippen LogP contribution in [0.15, 0.2) is 0 Å². The Labute approximate surface area is 82.9 Å². The molecule has 2 nitrogen and oxygen atoms in total. The summed E-state index contributed by atoms with van der Waals surface area (Å²) in [6, 6.07) is 0.226. The molecule has 4 heteroatoms. The molecule has 2 aliphatic rings. The zero-order valence-corrected chi connectivity index (χ0v) is 8.25. The fraction of sp³-hybridized carbons (Fsp3) is 1.00. The molecule has 14 heavy (non-hydrogen) atoms. The van der Waals surface area contributed by atoms with Gasteiger partial charge in [-0.3, -0.25) is 4.90 Å². The Morgan fingerprint density at radius 2 is 2.07 bits per heavy atom. The van der Waals surface area contributed by atoms with Crippen LogP contribution in [0.4, 0.5) is 8.78 Å². The average molecular weight is 205 g/mol. The second-order valence-electron chi connectivity index (χ2n) is 4.60. The minimum Gasteiger partial charge on any atom is -0.395 e. The fourth-order valence-corrected chi connectivity index (χ4v) is 2.59. The lowest BCUT2D eigenvalue weighted by Crippen LogP contribution is -2.44. The highest BCUT2D eigenvalue weighted by molar-refractivity contribution is 4.90. The second kappa shape index (κ2) is 3.74. The van der Waals surface area contributed by atoms with Crippen molar-refractivity contribution in [3.05, 3.63) is 0 Å². The average Bonchev–Trinajstić information content (AvgIpc) is 2.48. The Hall–Kier alpha value is -0.220. The molecule has 0 bridgehead atoms. The summed E-state index contributed by atoms with van der Waals surface area (Å²) in [5.41, 5.74) is 0. The van der Waals surface area contributed by atoms with Crippen molar-refractivity contribution in [3.8, 4) is 0 Å². The van der Waals surface area contributed by atoms with Gasteiger partial charge in [-0.05, 0) is 25.3 Å². The van der Waals surface area contributed by atoms with Crippen LogP contribution in [-0.4, -0.2) is 41.7 Å². The molecule has 1 heterocycles. The molecule has 0 amide bonds. The minimum absolute atomic E-state index is 0.0433. The first-order valence-electron chi connectivity index (χ1n) is 5.33. The van der Waals surface area contributed by atoms with E-state index in [4.69, 9.17) is 5.11 Å². The van der Waals surface area contributed by atoms with Gasteiger partial charge in [0.2, 0.25) is 5.92 Å². The van der Waals surface area contributed by atoms with Crippen molar-refractivity contribution in [2.75, 3.05) is 19.7 Å². The lowest BCUT2D eigenvalue weighted by atomic mass is 9.81. The van der Waals surface area contributed by atoms with E-state index in [2.05, 4.69) is 4.90 Å². The Bertz CT molecular complexity index is 202. The van der Waals surface area contributed by atoms with Crippen LogP contribution >= 0.6 is 0 Å². The first-order chi connectivity index (χ1) is 6.61. The summed E-state index contributed by atoms with van der Waals surface area (Å²) in [6.45, 7) is 1.89. The number of likely N-dealkylation sites (tertiary alicyclic amines) is 1. The summed E-state index contributed by atoms with van der Waals surface area (Å²) in [7, 11) is 0. The molecule has 82 valence electrons. The van der Waals surface area contributed by atoms with Crippen LogP contribution in [0.5, 0.6) is 0 Å². The Balaban J connectivity index is 1.76. The van der Waals surface area contributed by atoms with Crippen LogP contribution < -0.4 is 0 Å². The molecule has 2 fully saturated rings. The van der Waals surface area contributed by atoms with Gasteiger partial charge in [-0.15, -0.1) is 0 Å². The number of aliphatic hydroxyl groups excluding tert-OH is 1. The van der Waals surface area contributed by atoms with E-state index in [0.29, 0.717) is 0 Å². The van der Waals surface area contributed by atoms with Gasteiger partial charge in [0, 0.05) is 25.4 Å². The van der Waals surface area contributed by atoms with Crippen LogP contribution in [0.1, 0.15) is 25.7 Å². The topological polar surface area (TPSA) is 23.5 Å². The SMILES string of the molecule is OCC1CCCN1CC1CC(F)(F)C1. The smallest absolute Gasteiger partial charge is 0.248 e. The van der Waals surface area contributed by atoms with E-state index < -0.39 is 5.92 Å². The van der Waals surface area contributed by atoms with E-state index in [1.54, 1.807) is 0 Å². The molecule has 1 atom stereocenters. The highest BCUT2D eigenvalue weighted by Crippen LogP contribution is 2.43.